The van der Waals surface area contributed by atoms with Crippen LogP contribution in [0.5, 0.6) is 0 Å². The molecule has 5 aromatic rings. The molecule has 5 nitrogen and oxygen atoms in total. The molecule has 0 amide bonds. The third-order valence-electron chi connectivity index (χ3n) is 5.26. The second kappa shape index (κ2) is 8.70. The molecule has 0 aliphatic heterocycles. The number of fused-ring (bicyclic) bond motifs is 1. The van der Waals surface area contributed by atoms with E-state index in [1.807, 2.05) is 43.3 Å². The largest absolute Gasteiger partial charge is 0.364 e. The fourth-order valence-corrected chi connectivity index (χ4v) is 3.66. The van der Waals surface area contributed by atoms with E-state index >= 15 is 0 Å². The Morgan fingerprint density at radius 2 is 1.73 bits per heavy atom. The molecular formula is C26H19F2N5. The molecular weight excluding hydrogens is 420 g/mol. The van der Waals surface area contributed by atoms with Crippen LogP contribution in [-0.2, 0) is 6.54 Å². The first-order valence-electron chi connectivity index (χ1n) is 10.4. The highest BCUT2D eigenvalue weighted by atomic mass is 19.2. The van der Waals surface area contributed by atoms with Crippen molar-refractivity contribution >= 4 is 16.7 Å². The van der Waals surface area contributed by atoms with Gasteiger partial charge in [-0.15, -0.1) is 0 Å². The molecule has 5 rings (SSSR count). The summed E-state index contributed by atoms with van der Waals surface area (Å²) in [5, 5.41) is 4.11. The van der Waals surface area contributed by atoms with Crippen molar-refractivity contribution in [2.45, 2.75) is 13.5 Å². The van der Waals surface area contributed by atoms with Gasteiger partial charge in [-0.3, -0.25) is 9.97 Å². The number of hydrogen-bond acceptors (Lipinski definition) is 5. The van der Waals surface area contributed by atoms with Gasteiger partial charge in [0.15, 0.2) is 17.5 Å². The lowest BCUT2D eigenvalue weighted by Gasteiger charge is -2.12. The Balaban J connectivity index is 1.62. The molecule has 2 aromatic carbocycles. The van der Waals surface area contributed by atoms with Gasteiger partial charge in [0.25, 0.3) is 0 Å². The van der Waals surface area contributed by atoms with E-state index in [1.54, 1.807) is 30.6 Å². The van der Waals surface area contributed by atoms with E-state index in [0.29, 0.717) is 29.3 Å². The van der Waals surface area contributed by atoms with Crippen molar-refractivity contribution in [2.24, 2.45) is 0 Å². The van der Waals surface area contributed by atoms with Crippen LogP contribution in [0.3, 0.4) is 0 Å². The van der Waals surface area contributed by atoms with E-state index in [1.165, 1.54) is 6.07 Å². The van der Waals surface area contributed by atoms with Gasteiger partial charge in [-0.25, -0.2) is 18.7 Å². The van der Waals surface area contributed by atoms with Crippen LogP contribution in [0, 0.1) is 18.6 Å². The van der Waals surface area contributed by atoms with Crippen LogP contribution in [0.4, 0.5) is 14.6 Å². The van der Waals surface area contributed by atoms with E-state index in [0.717, 1.165) is 28.4 Å². The van der Waals surface area contributed by atoms with E-state index < -0.39 is 11.6 Å². The molecule has 0 radical (unpaired) electrons. The van der Waals surface area contributed by atoms with Crippen LogP contribution in [0.25, 0.3) is 33.4 Å². The van der Waals surface area contributed by atoms with Gasteiger partial charge < -0.3 is 5.32 Å². The first-order valence-corrected chi connectivity index (χ1v) is 10.4. The molecule has 3 heterocycles. The number of halogens is 2. The van der Waals surface area contributed by atoms with Gasteiger partial charge in [0.2, 0.25) is 0 Å². The molecule has 7 heteroatoms. The zero-order valence-corrected chi connectivity index (χ0v) is 17.8. The topological polar surface area (TPSA) is 63.6 Å². The molecule has 0 aliphatic rings. The number of rotatable bonds is 5. The van der Waals surface area contributed by atoms with Gasteiger partial charge in [-0.2, -0.15) is 0 Å². The van der Waals surface area contributed by atoms with Crippen LogP contribution in [0.2, 0.25) is 0 Å². The summed E-state index contributed by atoms with van der Waals surface area (Å²) in [6, 6.07) is 18.9. The van der Waals surface area contributed by atoms with Gasteiger partial charge >= 0.3 is 0 Å². The number of nitrogens with zero attached hydrogens (tertiary/aromatic N) is 4. The second-order valence-corrected chi connectivity index (χ2v) is 7.59. The molecule has 0 spiro atoms. The summed E-state index contributed by atoms with van der Waals surface area (Å²) in [6.07, 6.45) is 3.36. The molecule has 0 unspecified atom stereocenters. The highest BCUT2D eigenvalue weighted by Gasteiger charge is 2.14. The third kappa shape index (κ3) is 4.25. The minimum Gasteiger partial charge on any atom is -0.364 e. The molecule has 162 valence electrons. The second-order valence-electron chi connectivity index (χ2n) is 7.59. The van der Waals surface area contributed by atoms with Crippen LogP contribution in [-0.4, -0.2) is 19.9 Å². The number of aromatic nitrogens is 4. The summed E-state index contributed by atoms with van der Waals surface area (Å²) < 4.78 is 28.2. The average molecular weight is 439 g/mol. The van der Waals surface area contributed by atoms with E-state index in [2.05, 4.69) is 15.3 Å². The molecule has 0 saturated heterocycles. The molecule has 33 heavy (non-hydrogen) atoms. The van der Waals surface area contributed by atoms with Gasteiger partial charge in [-0.1, -0.05) is 24.3 Å². The molecule has 0 bridgehead atoms. The first kappa shape index (κ1) is 20.6. The van der Waals surface area contributed by atoms with E-state index in [9.17, 15) is 8.78 Å². The standard InChI is InChI=1S/C26H19F2N5/c1-16-5-2-7-19(31-16)15-30-26-21-11-10-17(20-8-3-9-22(27)24(20)28)13-23(21)32-25(33-26)18-6-4-12-29-14-18/h2-14H,15H2,1H3,(H,30,32,33). The Labute approximate surface area is 189 Å². The Hall–Kier alpha value is -4.26. The molecule has 0 aliphatic carbocycles. The minimum atomic E-state index is -0.889. The maximum absolute atomic E-state index is 14.4. The van der Waals surface area contributed by atoms with Gasteiger partial charge in [0, 0.05) is 34.6 Å². The first-order chi connectivity index (χ1) is 16.1. The predicted molar refractivity (Wildman–Crippen MR) is 124 cm³/mol. The molecule has 0 fully saturated rings. The number of anilines is 1. The lowest BCUT2D eigenvalue weighted by molar-refractivity contribution is 0.511. The van der Waals surface area contributed by atoms with E-state index in [4.69, 9.17) is 9.97 Å². The van der Waals surface area contributed by atoms with Gasteiger partial charge in [-0.05, 0) is 55.0 Å². The SMILES string of the molecule is Cc1cccc(CNc2nc(-c3cccnc3)nc3cc(-c4cccc(F)c4F)ccc23)n1. The van der Waals surface area contributed by atoms with Crippen molar-refractivity contribution in [1.82, 2.24) is 19.9 Å². The fraction of sp³-hybridized carbons (Fsp3) is 0.0769. The van der Waals surface area contributed by atoms with Crippen molar-refractivity contribution in [3.8, 4) is 22.5 Å². The number of aryl methyl sites for hydroxylation is 1. The van der Waals surface area contributed by atoms with Crippen molar-refractivity contribution < 1.29 is 8.78 Å². The van der Waals surface area contributed by atoms with Crippen molar-refractivity contribution in [1.29, 1.82) is 0 Å². The summed E-state index contributed by atoms with van der Waals surface area (Å²) in [5.41, 5.74) is 3.87. The van der Waals surface area contributed by atoms with Crippen molar-refractivity contribution in [2.75, 3.05) is 5.32 Å². The lowest BCUT2D eigenvalue weighted by atomic mass is 10.0. The Morgan fingerprint density at radius 1 is 0.848 bits per heavy atom. The normalized spacial score (nSPS) is 11.0. The smallest absolute Gasteiger partial charge is 0.166 e. The average Bonchev–Trinajstić information content (AvgIpc) is 2.84. The highest BCUT2D eigenvalue weighted by molar-refractivity contribution is 5.93. The quantitative estimate of drug-likeness (QED) is 0.366. The molecule has 3 aromatic heterocycles. The monoisotopic (exact) mass is 439 g/mol. The Bertz CT molecular complexity index is 1450. The predicted octanol–water partition coefficient (Wildman–Crippen LogP) is 5.95. The highest BCUT2D eigenvalue weighted by Crippen LogP contribution is 2.31. The molecule has 1 N–H and O–H groups in total. The summed E-state index contributed by atoms with van der Waals surface area (Å²) in [7, 11) is 0. The third-order valence-corrected chi connectivity index (χ3v) is 5.26. The summed E-state index contributed by atoms with van der Waals surface area (Å²) in [5.74, 6) is -0.679. The Morgan fingerprint density at radius 3 is 2.55 bits per heavy atom. The maximum Gasteiger partial charge on any atom is 0.166 e. The zero-order chi connectivity index (χ0) is 22.8. The van der Waals surface area contributed by atoms with Crippen molar-refractivity contribution in [3.63, 3.8) is 0 Å². The maximum atomic E-state index is 14.4. The van der Waals surface area contributed by atoms with Crippen molar-refractivity contribution in [3.05, 3.63) is 102 Å². The minimum absolute atomic E-state index is 0.178. The summed E-state index contributed by atoms with van der Waals surface area (Å²) in [4.78, 5) is 18.1. The van der Waals surface area contributed by atoms with Gasteiger partial charge in [0.1, 0.15) is 5.82 Å². The number of pyridine rings is 2. The van der Waals surface area contributed by atoms with Crippen LogP contribution < -0.4 is 5.32 Å². The molecule has 0 atom stereocenters. The Kier molecular flexibility index (Phi) is 5.44. The summed E-state index contributed by atoms with van der Waals surface area (Å²) in [6.45, 7) is 2.41. The van der Waals surface area contributed by atoms with Gasteiger partial charge in [0.05, 0.1) is 17.8 Å². The van der Waals surface area contributed by atoms with Crippen LogP contribution in [0.1, 0.15) is 11.4 Å². The number of hydrogen-bond donors (Lipinski definition) is 1. The molecule has 0 saturated carbocycles. The summed E-state index contributed by atoms with van der Waals surface area (Å²) >= 11 is 0. The van der Waals surface area contributed by atoms with Crippen LogP contribution in [0.15, 0.2) is 79.1 Å². The van der Waals surface area contributed by atoms with Crippen LogP contribution >= 0.6 is 0 Å². The number of nitrogens with one attached hydrogen (secondary N) is 1. The zero-order valence-electron chi connectivity index (χ0n) is 17.8. The lowest BCUT2D eigenvalue weighted by Crippen LogP contribution is -2.06. The number of benzene rings is 2. The fourth-order valence-electron chi connectivity index (χ4n) is 3.66. The van der Waals surface area contributed by atoms with E-state index in [-0.39, 0.29) is 5.56 Å².